The van der Waals surface area contributed by atoms with Crippen LogP contribution in [0.5, 0.6) is 0 Å². The molecule has 124 valence electrons. The quantitative estimate of drug-likeness (QED) is 0.683. The fourth-order valence-corrected chi connectivity index (χ4v) is 3.12. The van der Waals surface area contributed by atoms with Crippen molar-refractivity contribution in [3.05, 3.63) is 47.5 Å². The molecule has 0 aliphatic carbocycles. The van der Waals surface area contributed by atoms with Crippen molar-refractivity contribution in [1.29, 1.82) is 0 Å². The molecular weight excluding hydrogens is 338 g/mol. The Hall–Kier alpha value is -1.81. The minimum atomic E-state index is -5.00. The van der Waals surface area contributed by atoms with Gasteiger partial charge in [-0.3, -0.25) is 0 Å². The largest absolute Gasteiger partial charge is 0.412 e. The maximum atomic E-state index is 14.1. The molecule has 0 saturated carbocycles. The van der Waals surface area contributed by atoms with E-state index in [9.17, 15) is 21.8 Å². The Morgan fingerprint density at radius 2 is 1.96 bits per heavy atom. The zero-order valence-corrected chi connectivity index (χ0v) is 12.3. The van der Waals surface area contributed by atoms with Gasteiger partial charge in [-0.15, -0.1) is 0 Å². The van der Waals surface area contributed by atoms with Crippen LogP contribution < -0.4 is 0 Å². The fourth-order valence-electron chi connectivity index (χ4n) is 2.61. The number of fused-ring (bicyclic) bond motifs is 1. The Labute approximate surface area is 130 Å². The van der Waals surface area contributed by atoms with Crippen LogP contribution in [0.1, 0.15) is 41.1 Å². The minimum absolute atomic E-state index is 0.0124. The topological polar surface area (TPSA) is 68.0 Å². The number of halogens is 4. The van der Waals surface area contributed by atoms with Gasteiger partial charge in [0.1, 0.15) is 0 Å². The van der Waals surface area contributed by atoms with E-state index in [0.29, 0.717) is 5.56 Å². The van der Waals surface area contributed by atoms with Crippen molar-refractivity contribution in [1.82, 2.24) is 14.8 Å². The van der Waals surface area contributed by atoms with Gasteiger partial charge in [-0.25, -0.2) is 18.3 Å². The van der Waals surface area contributed by atoms with Gasteiger partial charge in [-0.2, -0.15) is 18.3 Å². The van der Waals surface area contributed by atoms with Crippen LogP contribution in [0.3, 0.4) is 0 Å². The number of alkyl halides is 4. The molecule has 1 aromatic carbocycles. The molecule has 0 radical (unpaired) electrons. The highest BCUT2D eigenvalue weighted by molar-refractivity contribution is 7.79. The first-order chi connectivity index (χ1) is 10.8. The molecule has 4 atom stereocenters. The van der Waals surface area contributed by atoms with Gasteiger partial charge in [0.2, 0.25) is 5.25 Å². The van der Waals surface area contributed by atoms with Crippen LogP contribution in [0, 0.1) is 0 Å². The molecular formula is C13H11F4N3O2S. The van der Waals surface area contributed by atoms with Crippen LogP contribution in [0.25, 0.3) is 0 Å². The summed E-state index contributed by atoms with van der Waals surface area (Å²) < 4.78 is 73.8. The highest BCUT2D eigenvalue weighted by Crippen LogP contribution is 2.42. The maximum Gasteiger partial charge on any atom is 0.412 e. The van der Waals surface area contributed by atoms with E-state index in [1.54, 1.807) is 30.3 Å². The van der Waals surface area contributed by atoms with Crippen molar-refractivity contribution in [2.45, 2.75) is 30.1 Å². The molecule has 2 unspecified atom stereocenters. The van der Waals surface area contributed by atoms with E-state index in [-0.39, 0.29) is 12.2 Å². The van der Waals surface area contributed by atoms with E-state index in [2.05, 4.69) is 10.1 Å². The lowest BCUT2D eigenvalue weighted by Gasteiger charge is -2.14. The average Bonchev–Trinajstić information content (AvgIpc) is 2.99. The van der Waals surface area contributed by atoms with E-state index < -0.39 is 40.5 Å². The first-order valence-corrected chi connectivity index (χ1v) is 7.77. The molecule has 0 bridgehead atoms. The van der Waals surface area contributed by atoms with Gasteiger partial charge in [-0.1, -0.05) is 30.3 Å². The van der Waals surface area contributed by atoms with Gasteiger partial charge in [0.05, 0.1) is 6.04 Å². The van der Waals surface area contributed by atoms with Gasteiger partial charge in [0, 0.05) is 6.42 Å². The lowest BCUT2D eigenvalue weighted by Crippen LogP contribution is -2.26. The minimum Gasteiger partial charge on any atom is -0.305 e. The highest BCUT2D eigenvalue weighted by atomic mass is 32.2. The summed E-state index contributed by atoms with van der Waals surface area (Å²) in [6.45, 7) is 0. The molecule has 0 fully saturated rings. The first kappa shape index (κ1) is 16.1. The molecule has 10 heteroatoms. The number of nitrogens with zero attached hydrogens (tertiary/aromatic N) is 3. The van der Waals surface area contributed by atoms with Crippen LogP contribution in [0.2, 0.25) is 0 Å². The summed E-state index contributed by atoms with van der Waals surface area (Å²) >= 11 is -3.25. The first-order valence-electron chi connectivity index (χ1n) is 6.60. The van der Waals surface area contributed by atoms with Crippen LogP contribution >= 0.6 is 0 Å². The van der Waals surface area contributed by atoms with Crippen LogP contribution in [0.15, 0.2) is 30.3 Å². The van der Waals surface area contributed by atoms with Crippen molar-refractivity contribution >= 4 is 11.1 Å². The Kier molecular flexibility index (Phi) is 3.96. The van der Waals surface area contributed by atoms with E-state index in [1.807, 2.05) is 0 Å². The Balaban J connectivity index is 2.04. The van der Waals surface area contributed by atoms with Gasteiger partial charge >= 0.3 is 6.18 Å². The summed E-state index contributed by atoms with van der Waals surface area (Å²) in [4.78, 5) is 3.54. The molecule has 23 heavy (non-hydrogen) atoms. The number of aromatic nitrogens is 3. The number of hydrogen-bond donors (Lipinski definition) is 1. The summed E-state index contributed by atoms with van der Waals surface area (Å²) in [6, 6.07) is 8.02. The third kappa shape index (κ3) is 2.88. The van der Waals surface area contributed by atoms with Crippen molar-refractivity contribution in [3.8, 4) is 0 Å². The van der Waals surface area contributed by atoms with E-state index in [4.69, 9.17) is 4.55 Å². The summed E-state index contributed by atoms with van der Waals surface area (Å²) in [6.07, 6.45) is -6.57. The van der Waals surface area contributed by atoms with Gasteiger partial charge < -0.3 is 4.55 Å². The average molecular weight is 349 g/mol. The number of benzene rings is 1. The predicted molar refractivity (Wildman–Crippen MR) is 72.6 cm³/mol. The summed E-state index contributed by atoms with van der Waals surface area (Å²) in [5.74, 6) is -1.15. The molecule has 1 N–H and O–H groups in total. The monoisotopic (exact) mass is 349 g/mol. The van der Waals surface area contributed by atoms with Gasteiger partial charge in [0.25, 0.3) is 0 Å². The summed E-state index contributed by atoms with van der Waals surface area (Å²) in [5.41, 5.74) is 0.680. The molecule has 0 saturated heterocycles. The molecule has 1 aliphatic heterocycles. The fraction of sp³-hybridized carbons (Fsp3) is 0.385. The molecule has 0 amide bonds. The lowest BCUT2D eigenvalue weighted by atomic mass is 10.0. The van der Waals surface area contributed by atoms with E-state index in [1.165, 1.54) is 0 Å². The van der Waals surface area contributed by atoms with Crippen molar-refractivity contribution < 1.29 is 26.3 Å². The number of rotatable bonds is 3. The normalized spacial score (nSPS) is 23.5. The second-order valence-electron chi connectivity index (χ2n) is 5.10. The predicted octanol–water partition coefficient (Wildman–Crippen LogP) is 3.11. The smallest absolute Gasteiger partial charge is 0.305 e. The van der Waals surface area contributed by atoms with Crippen molar-refractivity contribution in [2.75, 3.05) is 0 Å². The van der Waals surface area contributed by atoms with Gasteiger partial charge in [0.15, 0.2) is 28.9 Å². The van der Waals surface area contributed by atoms with Crippen LogP contribution in [-0.4, -0.2) is 29.7 Å². The Morgan fingerprint density at radius 3 is 2.52 bits per heavy atom. The third-order valence-corrected chi connectivity index (χ3v) is 4.48. The van der Waals surface area contributed by atoms with Crippen molar-refractivity contribution in [3.63, 3.8) is 0 Å². The summed E-state index contributed by atoms with van der Waals surface area (Å²) in [7, 11) is 0. The third-order valence-electron chi connectivity index (χ3n) is 3.60. The van der Waals surface area contributed by atoms with E-state index >= 15 is 0 Å². The Morgan fingerprint density at radius 1 is 1.30 bits per heavy atom. The number of hydrogen-bond acceptors (Lipinski definition) is 3. The van der Waals surface area contributed by atoms with Gasteiger partial charge in [-0.05, 0) is 5.56 Å². The molecule has 1 aliphatic rings. The van der Waals surface area contributed by atoms with Crippen molar-refractivity contribution in [2.24, 2.45) is 0 Å². The summed E-state index contributed by atoms with van der Waals surface area (Å²) in [5, 5.41) is 0.920. The van der Waals surface area contributed by atoms with Crippen LogP contribution in [-0.2, 0) is 11.1 Å². The highest BCUT2D eigenvalue weighted by Gasteiger charge is 2.49. The van der Waals surface area contributed by atoms with E-state index in [0.717, 1.165) is 4.68 Å². The molecule has 2 heterocycles. The molecule has 1 aromatic heterocycles. The molecule has 3 rings (SSSR count). The zero-order valence-electron chi connectivity index (χ0n) is 11.4. The second-order valence-corrected chi connectivity index (χ2v) is 6.12. The van der Waals surface area contributed by atoms with Crippen LogP contribution in [0.4, 0.5) is 17.6 Å². The SMILES string of the molecule is O=S(O)C(c1nc2n(n1)[C@H](c1ccccc1)C[C@@H]2F)C(F)(F)F. The Bertz CT molecular complexity index is 735. The maximum absolute atomic E-state index is 14.1. The second kappa shape index (κ2) is 5.68. The zero-order chi connectivity index (χ0) is 16.8. The molecule has 0 spiro atoms. The standard InChI is InChI=1S/C13H11F4N3O2S/c14-8-6-9(7-4-2-1-3-5-7)20-12(8)18-11(19-20)10(23(21)22)13(15,16)17/h1-5,8-10H,6H2,(H,21,22)/t8-,9-,10?/m0/s1. The molecule has 5 nitrogen and oxygen atoms in total. The lowest BCUT2D eigenvalue weighted by molar-refractivity contribution is -0.133. The molecule has 2 aromatic rings.